The Balaban J connectivity index is 1.24. The van der Waals surface area contributed by atoms with Crippen molar-refractivity contribution in [2.45, 2.75) is 57.6 Å². The monoisotopic (exact) mass is 542 g/mol. The SMILES string of the molecule is Cc1nc(N2CCOC(C34CCC(c5cc(-c6c(F)cccc6F)nnc53)C4(C)C)C2)n(Cc2ccccc2)n1. The molecule has 7 rings (SSSR count). The van der Waals surface area contributed by atoms with Gasteiger partial charge in [0.1, 0.15) is 17.5 Å². The highest BCUT2D eigenvalue weighted by atomic mass is 19.1. The molecule has 9 heteroatoms. The van der Waals surface area contributed by atoms with Crippen LogP contribution in [0.25, 0.3) is 11.3 Å². The fourth-order valence-corrected chi connectivity index (χ4v) is 7.62. The molecule has 2 bridgehead atoms. The molecule has 40 heavy (non-hydrogen) atoms. The van der Waals surface area contributed by atoms with E-state index in [9.17, 15) is 8.78 Å². The summed E-state index contributed by atoms with van der Waals surface area (Å²) in [5.41, 5.74) is 2.68. The molecule has 0 spiro atoms. The highest BCUT2D eigenvalue weighted by molar-refractivity contribution is 5.63. The highest BCUT2D eigenvalue weighted by Crippen LogP contribution is 2.69. The average Bonchev–Trinajstić information content (AvgIpc) is 3.51. The molecule has 2 aromatic carbocycles. The molecule has 3 unspecified atom stereocenters. The first-order valence-electron chi connectivity index (χ1n) is 13.9. The van der Waals surface area contributed by atoms with E-state index in [1.54, 1.807) is 0 Å². The number of morpholine rings is 1. The summed E-state index contributed by atoms with van der Waals surface area (Å²) in [7, 11) is 0. The normalized spacial score (nSPS) is 24.9. The fourth-order valence-electron chi connectivity index (χ4n) is 7.62. The second kappa shape index (κ2) is 9.16. The van der Waals surface area contributed by atoms with Crippen molar-refractivity contribution in [2.24, 2.45) is 5.41 Å². The molecule has 2 aromatic heterocycles. The third-order valence-corrected chi connectivity index (χ3v) is 9.52. The summed E-state index contributed by atoms with van der Waals surface area (Å²) in [6.45, 7) is 9.04. The number of anilines is 1. The van der Waals surface area contributed by atoms with Crippen LogP contribution < -0.4 is 4.90 Å². The van der Waals surface area contributed by atoms with Crippen LogP contribution in [0.5, 0.6) is 0 Å². The Kier molecular flexibility index (Phi) is 5.78. The van der Waals surface area contributed by atoms with E-state index in [1.807, 2.05) is 35.9 Å². The molecule has 206 valence electrons. The van der Waals surface area contributed by atoms with Gasteiger partial charge in [0.05, 0.1) is 36.2 Å². The van der Waals surface area contributed by atoms with Crippen LogP contribution in [0.2, 0.25) is 0 Å². The molecule has 4 aromatic rings. The summed E-state index contributed by atoms with van der Waals surface area (Å²) in [5.74, 6) is 0.515. The number of hydrogen-bond acceptors (Lipinski definition) is 6. The van der Waals surface area contributed by atoms with E-state index in [2.05, 4.69) is 36.0 Å². The first-order valence-corrected chi connectivity index (χ1v) is 13.9. The van der Waals surface area contributed by atoms with Crippen LogP contribution in [-0.4, -0.2) is 50.8 Å². The van der Waals surface area contributed by atoms with E-state index in [1.165, 1.54) is 23.8 Å². The maximum absolute atomic E-state index is 14.6. The van der Waals surface area contributed by atoms with Crippen LogP contribution in [0.1, 0.15) is 55.3 Å². The summed E-state index contributed by atoms with van der Waals surface area (Å²) < 4.78 is 37.8. The summed E-state index contributed by atoms with van der Waals surface area (Å²) in [4.78, 5) is 7.10. The van der Waals surface area contributed by atoms with Gasteiger partial charge in [0, 0.05) is 18.5 Å². The Labute approximate surface area is 232 Å². The van der Waals surface area contributed by atoms with Crippen LogP contribution in [0.3, 0.4) is 0 Å². The van der Waals surface area contributed by atoms with Gasteiger partial charge in [0.15, 0.2) is 0 Å². The van der Waals surface area contributed by atoms with Crippen molar-refractivity contribution in [1.29, 1.82) is 0 Å². The quantitative estimate of drug-likeness (QED) is 0.335. The third kappa shape index (κ3) is 3.63. The van der Waals surface area contributed by atoms with Crippen LogP contribution in [0.4, 0.5) is 14.7 Å². The lowest BCUT2D eigenvalue weighted by Crippen LogP contribution is -2.56. The number of hydrogen-bond donors (Lipinski definition) is 0. The largest absolute Gasteiger partial charge is 0.374 e. The zero-order chi connectivity index (χ0) is 27.6. The van der Waals surface area contributed by atoms with Gasteiger partial charge in [-0.1, -0.05) is 50.2 Å². The smallest absolute Gasteiger partial charge is 0.224 e. The number of fused-ring (bicyclic) bond motifs is 5. The van der Waals surface area contributed by atoms with Crippen LogP contribution in [0.15, 0.2) is 54.6 Å². The standard InChI is InChI=1S/C31H32F2N6O/c1-19-34-29(39(37-19)17-20-8-5-4-6-9-20)38-14-15-40-26(18-38)31-13-12-22(30(31,2)3)21-16-25(35-36-28(21)31)27-23(32)10-7-11-24(27)33/h4-11,16,22,26H,12-15,17-18H2,1-3H3. The van der Waals surface area contributed by atoms with E-state index < -0.39 is 11.6 Å². The molecular formula is C31H32F2N6O. The Morgan fingerprint density at radius 2 is 1.80 bits per heavy atom. The molecule has 1 aliphatic heterocycles. The zero-order valence-corrected chi connectivity index (χ0v) is 22.9. The molecule has 2 aliphatic carbocycles. The lowest BCUT2D eigenvalue weighted by molar-refractivity contribution is -0.0471. The van der Waals surface area contributed by atoms with Gasteiger partial charge in [-0.25, -0.2) is 13.5 Å². The highest BCUT2D eigenvalue weighted by Gasteiger charge is 2.67. The maximum Gasteiger partial charge on any atom is 0.224 e. The number of benzene rings is 2. The van der Waals surface area contributed by atoms with Gasteiger partial charge in [-0.3, -0.25) is 0 Å². The molecule has 1 saturated heterocycles. The van der Waals surface area contributed by atoms with E-state index in [4.69, 9.17) is 19.9 Å². The molecular weight excluding hydrogens is 510 g/mol. The van der Waals surface area contributed by atoms with E-state index in [0.29, 0.717) is 26.2 Å². The van der Waals surface area contributed by atoms with Crippen LogP contribution in [-0.2, 0) is 16.7 Å². The Bertz CT molecular complexity index is 1570. The Morgan fingerprint density at radius 3 is 2.58 bits per heavy atom. The average molecular weight is 543 g/mol. The molecule has 0 amide bonds. The van der Waals surface area contributed by atoms with E-state index in [0.717, 1.165) is 35.9 Å². The van der Waals surface area contributed by atoms with Gasteiger partial charge >= 0.3 is 0 Å². The molecule has 0 N–H and O–H groups in total. The van der Waals surface area contributed by atoms with E-state index in [-0.39, 0.29) is 34.1 Å². The fraction of sp³-hybridized carbons (Fsp3) is 0.419. The van der Waals surface area contributed by atoms with Gasteiger partial charge in [0.25, 0.3) is 0 Å². The summed E-state index contributed by atoms with van der Waals surface area (Å²) in [6.07, 6.45) is 1.75. The predicted octanol–water partition coefficient (Wildman–Crippen LogP) is 5.43. The molecule has 7 nitrogen and oxygen atoms in total. The van der Waals surface area contributed by atoms with Crippen molar-refractivity contribution < 1.29 is 13.5 Å². The molecule has 3 aliphatic rings. The summed E-state index contributed by atoms with van der Waals surface area (Å²) in [6, 6.07) is 16.0. The van der Waals surface area contributed by atoms with Gasteiger partial charge in [-0.05, 0) is 60.4 Å². The Morgan fingerprint density at radius 1 is 1.02 bits per heavy atom. The molecule has 3 heterocycles. The number of nitrogens with zero attached hydrogens (tertiary/aromatic N) is 6. The van der Waals surface area contributed by atoms with Crippen LogP contribution in [0, 0.1) is 24.0 Å². The molecule has 2 fully saturated rings. The summed E-state index contributed by atoms with van der Waals surface area (Å²) >= 11 is 0. The molecule has 1 saturated carbocycles. The number of ether oxygens (including phenoxy) is 1. The zero-order valence-electron chi connectivity index (χ0n) is 22.9. The van der Waals surface area contributed by atoms with Crippen molar-refractivity contribution in [3.05, 3.63) is 88.9 Å². The lowest BCUT2D eigenvalue weighted by atomic mass is 9.64. The van der Waals surface area contributed by atoms with Crippen molar-refractivity contribution in [3.8, 4) is 11.3 Å². The van der Waals surface area contributed by atoms with Gasteiger partial charge in [-0.15, -0.1) is 0 Å². The predicted molar refractivity (Wildman–Crippen MR) is 147 cm³/mol. The minimum absolute atomic E-state index is 0.124. The second-order valence-electron chi connectivity index (χ2n) is 11.8. The van der Waals surface area contributed by atoms with Crippen molar-refractivity contribution in [2.75, 3.05) is 24.6 Å². The number of halogens is 2. The van der Waals surface area contributed by atoms with Crippen molar-refractivity contribution in [3.63, 3.8) is 0 Å². The van der Waals surface area contributed by atoms with Gasteiger partial charge < -0.3 is 9.64 Å². The first kappa shape index (κ1) is 25.3. The van der Waals surface area contributed by atoms with E-state index >= 15 is 0 Å². The minimum Gasteiger partial charge on any atom is -0.374 e. The number of aromatic nitrogens is 5. The molecule has 0 radical (unpaired) electrons. The van der Waals surface area contributed by atoms with Crippen molar-refractivity contribution in [1.82, 2.24) is 25.0 Å². The summed E-state index contributed by atoms with van der Waals surface area (Å²) in [5, 5.41) is 13.8. The van der Waals surface area contributed by atoms with Gasteiger partial charge in [-0.2, -0.15) is 20.3 Å². The third-order valence-electron chi connectivity index (χ3n) is 9.52. The number of rotatable bonds is 5. The topological polar surface area (TPSA) is 69.0 Å². The first-order chi connectivity index (χ1) is 19.3. The van der Waals surface area contributed by atoms with Gasteiger partial charge in [0.2, 0.25) is 5.95 Å². The molecule has 3 atom stereocenters. The number of aryl methyl sites for hydroxylation is 1. The lowest BCUT2D eigenvalue weighted by Gasteiger charge is -2.47. The Hall–Kier alpha value is -3.72. The maximum atomic E-state index is 14.6. The van der Waals surface area contributed by atoms with Crippen molar-refractivity contribution >= 4 is 5.95 Å². The minimum atomic E-state index is -0.632. The van der Waals surface area contributed by atoms with Crippen LogP contribution >= 0.6 is 0 Å². The second-order valence-corrected chi connectivity index (χ2v) is 11.8.